The molecule has 2 amide bonds. The maximum Gasteiger partial charge on any atom is 0.242 e. The number of hydrogen-bond acceptors (Lipinski definition) is 3. The van der Waals surface area contributed by atoms with Crippen molar-refractivity contribution < 1.29 is 14.0 Å². The van der Waals surface area contributed by atoms with E-state index in [9.17, 15) is 14.0 Å². The first kappa shape index (κ1) is 17.9. The molecule has 0 saturated heterocycles. The molecule has 1 aromatic heterocycles. The van der Waals surface area contributed by atoms with Gasteiger partial charge >= 0.3 is 0 Å². The third-order valence-corrected chi connectivity index (χ3v) is 6.08. The molecule has 1 atom stereocenters. The van der Waals surface area contributed by atoms with Crippen LogP contribution in [-0.2, 0) is 21.5 Å². The minimum absolute atomic E-state index is 0.0560. The minimum atomic E-state index is -1.21. The van der Waals surface area contributed by atoms with Crippen LogP contribution in [0.25, 0.3) is 0 Å². The first-order chi connectivity index (χ1) is 13.9. The maximum absolute atomic E-state index is 13.8. The molecule has 0 aliphatic carbocycles. The van der Waals surface area contributed by atoms with Gasteiger partial charge in [0.05, 0.1) is 18.4 Å². The highest BCUT2D eigenvalue weighted by Crippen LogP contribution is 2.51. The molecule has 2 aliphatic rings. The molecule has 3 heterocycles. The Morgan fingerprint density at radius 2 is 2.00 bits per heavy atom. The Labute approximate surface area is 170 Å². The second-order valence-electron chi connectivity index (χ2n) is 7.31. The van der Waals surface area contributed by atoms with E-state index in [2.05, 4.69) is 10.4 Å². The molecule has 1 spiro atoms. The number of hydrogen-bond donors (Lipinski definition) is 1. The number of anilines is 2. The number of halogens is 2. The SMILES string of the molecule is CN1C(=O)[C@]2(CC(=O)Nc3c2cnn3Cc2ccccc2Cl)c2ccc(F)cc21. The molecule has 8 heteroatoms. The van der Waals surface area contributed by atoms with E-state index in [1.165, 1.54) is 17.0 Å². The van der Waals surface area contributed by atoms with Crippen LogP contribution < -0.4 is 10.2 Å². The summed E-state index contributed by atoms with van der Waals surface area (Å²) in [6.45, 7) is 0.339. The topological polar surface area (TPSA) is 67.2 Å². The van der Waals surface area contributed by atoms with E-state index in [0.717, 1.165) is 5.56 Å². The number of carbonyl (C=O) groups is 2. The lowest BCUT2D eigenvalue weighted by molar-refractivity contribution is -0.126. The van der Waals surface area contributed by atoms with Crippen LogP contribution in [0.15, 0.2) is 48.7 Å². The molecular formula is C21H16ClFN4O2. The average molecular weight is 411 g/mol. The predicted octanol–water partition coefficient (Wildman–Crippen LogP) is 3.33. The van der Waals surface area contributed by atoms with Crippen molar-refractivity contribution in [2.24, 2.45) is 0 Å². The summed E-state index contributed by atoms with van der Waals surface area (Å²) < 4.78 is 15.5. The fourth-order valence-corrected chi connectivity index (χ4v) is 4.53. The number of rotatable bonds is 2. The van der Waals surface area contributed by atoms with Gasteiger partial charge in [-0.25, -0.2) is 9.07 Å². The largest absolute Gasteiger partial charge is 0.314 e. The first-order valence-electron chi connectivity index (χ1n) is 9.09. The molecule has 5 rings (SSSR count). The lowest BCUT2D eigenvalue weighted by atomic mass is 9.72. The maximum atomic E-state index is 13.8. The summed E-state index contributed by atoms with van der Waals surface area (Å²) in [7, 11) is 1.59. The monoisotopic (exact) mass is 410 g/mol. The van der Waals surface area contributed by atoms with Crippen molar-refractivity contribution in [3.63, 3.8) is 0 Å². The number of amides is 2. The van der Waals surface area contributed by atoms with Gasteiger partial charge < -0.3 is 10.2 Å². The molecule has 0 bridgehead atoms. The molecule has 29 heavy (non-hydrogen) atoms. The van der Waals surface area contributed by atoms with E-state index in [4.69, 9.17) is 11.6 Å². The standard InChI is InChI=1S/C21H16ClFN4O2/c1-26-17-8-13(23)6-7-14(17)21(20(26)29)9-18(28)25-19-15(21)10-24-27(19)11-12-4-2-3-5-16(12)22/h2-8,10H,9,11H2,1H3,(H,25,28)/t21-/m1/s1. The lowest BCUT2D eigenvalue weighted by Crippen LogP contribution is -2.45. The summed E-state index contributed by atoms with van der Waals surface area (Å²) in [5.74, 6) is -0.542. The van der Waals surface area contributed by atoms with E-state index >= 15 is 0 Å². The fraction of sp³-hybridized carbons (Fsp3) is 0.190. The van der Waals surface area contributed by atoms with E-state index in [-0.39, 0.29) is 18.2 Å². The van der Waals surface area contributed by atoms with Crippen LogP contribution in [-0.4, -0.2) is 28.6 Å². The molecule has 0 fully saturated rings. The third-order valence-electron chi connectivity index (χ3n) is 5.71. The molecular weight excluding hydrogens is 395 g/mol. The minimum Gasteiger partial charge on any atom is -0.314 e. The Morgan fingerprint density at radius 3 is 2.79 bits per heavy atom. The molecule has 2 aromatic carbocycles. The summed E-state index contributed by atoms with van der Waals surface area (Å²) in [6, 6.07) is 11.6. The Bertz CT molecular complexity index is 1190. The number of fused-ring (bicyclic) bond motifs is 4. The van der Waals surface area contributed by atoms with Crippen molar-refractivity contribution in [2.75, 3.05) is 17.3 Å². The molecule has 0 unspecified atom stereocenters. The summed E-state index contributed by atoms with van der Waals surface area (Å²) in [6.07, 6.45) is 1.55. The zero-order valence-corrected chi connectivity index (χ0v) is 16.2. The summed E-state index contributed by atoms with van der Waals surface area (Å²) >= 11 is 6.27. The van der Waals surface area contributed by atoms with Gasteiger partial charge in [-0.05, 0) is 29.3 Å². The van der Waals surface area contributed by atoms with Gasteiger partial charge in [0.2, 0.25) is 11.8 Å². The summed E-state index contributed by atoms with van der Waals surface area (Å²) in [5.41, 5.74) is 1.31. The van der Waals surface area contributed by atoms with Gasteiger partial charge in [-0.15, -0.1) is 0 Å². The van der Waals surface area contributed by atoms with Gasteiger partial charge in [-0.1, -0.05) is 35.9 Å². The van der Waals surface area contributed by atoms with Gasteiger partial charge in [0.1, 0.15) is 17.1 Å². The van der Waals surface area contributed by atoms with Gasteiger partial charge in [0, 0.05) is 24.1 Å². The van der Waals surface area contributed by atoms with E-state index in [1.807, 2.05) is 18.2 Å². The number of aromatic nitrogens is 2. The lowest BCUT2D eigenvalue weighted by Gasteiger charge is -2.32. The van der Waals surface area contributed by atoms with Crippen LogP contribution in [0.1, 0.15) is 23.1 Å². The molecule has 0 radical (unpaired) electrons. The Morgan fingerprint density at radius 1 is 1.21 bits per heavy atom. The Kier molecular flexibility index (Phi) is 3.79. The van der Waals surface area contributed by atoms with Crippen molar-refractivity contribution >= 4 is 34.9 Å². The predicted molar refractivity (Wildman–Crippen MR) is 107 cm³/mol. The van der Waals surface area contributed by atoms with Crippen molar-refractivity contribution in [3.8, 4) is 0 Å². The van der Waals surface area contributed by atoms with Crippen LogP contribution in [0.5, 0.6) is 0 Å². The van der Waals surface area contributed by atoms with Gasteiger partial charge in [0.15, 0.2) is 0 Å². The van der Waals surface area contributed by atoms with E-state index in [0.29, 0.717) is 34.2 Å². The fourth-order valence-electron chi connectivity index (χ4n) is 4.33. The van der Waals surface area contributed by atoms with Crippen molar-refractivity contribution in [3.05, 3.63) is 76.2 Å². The second kappa shape index (κ2) is 6.15. The van der Waals surface area contributed by atoms with Crippen LogP contribution >= 0.6 is 11.6 Å². The number of carbonyl (C=O) groups excluding carboxylic acids is 2. The van der Waals surface area contributed by atoms with Crippen molar-refractivity contribution in [2.45, 2.75) is 18.4 Å². The number of benzene rings is 2. The zero-order valence-electron chi connectivity index (χ0n) is 15.4. The number of nitrogens with one attached hydrogen (secondary N) is 1. The van der Waals surface area contributed by atoms with Gasteiger partial charge in [-0.3, -0.25) is 9.59 Å². The highest BCUT2D eigenvalue weighted by Gasteiger charge is 2.56. The van der Waals surface area contributed by atoms with Crippen molar-refractivity contribution in [1.29, 1.82) is 0 Å². The smallest absolute Gasteiger partial charge is 0.242 e. The molecule has 3 aromatic rings. The Hall–Kier alpha value is -3.19. The Balaban J connectivity index is 1.69. The highest BCUT2D eigenvalue weighted by molar-refractivity contribution is 6.31. The summed E-state index contributed by atoms with van der Waals surface area (Å²) in [5, 5.41) is 7.88. The zero-order chi connectivity index (χ0) is 20.3. The van der Waals surface area contributed by atoms with Crippen LogP contribution in [0.4, 0.5) is 15.9 Å². The molecule has 0 saturated carbocycles. The van der Waals surface area contributed by atoms with Gasteiger partial charge in [-0.2, -0.15) is 5.10 Å². The second-order valence-corrected chi connectivity index (χ2v) is 7.72. The van der Waals surface area contributed by atoms with E-state index < -0.39 is 11.2 Å². The average Bonchev–Trinajstić information content (AvgIpc) is 3.18. The first-order valence-corrected chi connectivity index (χ1v) is 9.47. The molecule has 146 valence electrons. The molecule has 1 N–H and O–H groups in total. The molecule has 2 aliphatic heterocycles. The number of nitrogens with zero attached hydrogens (tertiary/aromatic N) is 3. The van der Waals surface area contributed by atoms with Crippen LogP contribution in [0.2, 0.25) is 5.02 Å². The van der Waals surface area contributed by atoms with Gasteiger partial charge in [0.25, 0.3) is 0 Å². The van der Waals surface area contributed by atoms with Crippen LogP contribution in [0.3, 0.4) is 0 Å². The summed E-state index contributed by atoms with van der Waals surface area (Å²) in [4.78, 5) is 27.4. The highest BCUT2D eigenvalue weighted by atomic mass is 35.5. The molecule has 6 nitrogen and oxygen atoms in total. The third kappa shape index (κ3) is 2.43. The number of likely N-dealkylation sites (N-methyl/N-ethyl adjacent to an activating group) is 1. The van der Waals surface area contributed by atoms with Crippen molar-refractivity contribution in [1.82, 2.24) is 9.78 Å². The van der Waals surface area contributed by atoms with Crippen LogP contribution in [0, 0.1) is 5.82 Å². The normalized spacial score (nSPS) is 20.0. The van der Waals surface area contributed by atoms with E-state index in [1.54, 1.807) is 30.1 Å². The quantitative estimate of drug-likeness (QED) is 0.704.